The summed E-state index contributed by atoms with van der Waals surface area (Å²) in [6.07, 6.45) is 8.89. The smallest absolute Gasteiger partial charge is 0.368 e. The van der Waals surface area contributed by atoms with Crippen molar-refractivity contribution in [2.24, 2.45) is 35.2 Å². The Morgan fingerprint density at radius 1 is 0.488 bits per heavy atom. The normalized spacial score (nSPS) is 12.5. The van der Waals surface area contributed by atoms with Gasteiger partial charge in [-0.05, 0) is 61.5 Å². The minimum absolute atomic E-state index is 0.130. The van der Waals surface area contributed by atoms with Crippen molar-refractivity contribution in [3.8, 4) is 43.5 Å². The maximum absolute atomic E-state index is 12.1. The summed E-state index contributed by atoms with van der Waals surface area (Å²) >= 11 is 4.96. The lowest BCUT2D eigenvalue weighted by Gasteiger charge is -2.08. The lowest BCUT2D eigenvalue weighted by Crippen LogP contribution is -2.23. The summed E-state index contributed by atoms with van der Waals surface area (Å²) in [6, 6.07) is 0.331. The van der Waals surface area contributed by atoms with Gasteiger partial charge >= 0.3 is 22.8 Å². The van der Waals surface area contributed by atoms with Crippen LogP contribution in [0.1, 0.15) is 54.1 Å². The Kier molecular flexibility index (Phi) is 15.3. The van der Waals surface area contributed by atoms with E-state index in [0.29, 0.717) is 73.2 Å². The van der Waals surface area contributed by atoms with Crippen LogP contribution >= 0.6 is 45.3 Å². The number of thiazole rings is 4. The first-order chi connectivity index (χ1) is 41.4. The first-order valence-electron chi connectivity index (χ1n) is 25.8. The molecule has 0 amide bonds. The van der Waals surface area contributed by atoms with E-state index in [1.807, 2.05) is 11.6 Å². The number of aryl methyl sites for hydroxylation is 6. The summed E-state index contributed by atoms with van der Waals surface area (Å²) in [5.41, 5.74) is 3.23. The van der Waals surface area contributed by atoms with Crippen LogP contribution in [-0.4, -0.2) is 139 Å². The quantitative estimate of drug-likeness (QED) is 0.120. The summed E-state index contributed by atoms with van der Waals surface area (Å²) in [5, 5.41) is 57.1. The van der Waals surface area contributed by atoms with E-state index < -0.39 is 0 Å². The summed E-state index contributed by atoms with van der Waals surface area (Å²) in [6.45, 7) is 3.20. The highest BCUT2D eigenvalue weighted by Crippen LogP contribution is 2.36. The van der Waals surface area contributed by atoms with Crippen molar-refractivity contribution in [1.82, 2.24) is 139 Å². The van der Waals surface area contributed by atoms with Crippen molar-refractivity contribution in [2.75, 3.05) is 0 Å². The molecule has 0 aromatic carbocycles. The number of H-pyrrole nitrogens is 1. The van der Waals surface area contributed by atoms with Crippen molar-refractivity contribution < 1.29 is 24.4 Å². The first kappa shape index (κ1) is 50.3. The van der Waals surface area contributed by atoms with Crippen LogP contribution in [0.2, 0.25) is 0 Å². The third kappa shape index (κ3) is 12.4. The molecule has 0 aliphatic heterocycles. The second kappa shape index (κ2) is 25.0. The van der Waals surface area contributed by atoms with Gasteiger partial charge in [0, 0.05) is 88.0 Å². The van der Waals surface area contributed by atoms with Gasteiger partial charge in [0.2, 0.25) is 0 Å². The number of nitrogens with one attached hydrogen (secondary N) is 1. The number of aromatic amines is 1. The molecule has 0 bridgehead atoms. The molecule has 82 heavy (non-hydrogen) atoms. The minimum atomic E-state index is -0.379. The van der Waals surface area contributed by atoms with Gasteiger partial charge in [-0.2, -0.15) is 57.8 Å². The van der Waals surface area contributed by atoms with E-state index in [4.69, 9.17) is 24.4 Å². The Balaban J connectivity index is 0.000000127. The standard InChI is InChI=1S/C12H13N7O2S.C11H13N7O2S.C10H11N7O2S.C9H9N7O2S/c1-17-12(20)19(16-15-17)9-6-14-18(8-2-3-8)10(9)7-21-11-13-4-5-22-11;1-3-17-9(7-20-10-12-4-5-21-10)8(6-13-17)18-11(19)16(2)14-15-18;1-15-8(6-19-9-11-3-4-20-9)7(5-12-15)17-10(18)16(2)13-14-17;1-15-9(17)16(14-13-15)7-4-11-12-6(7)5-18-8-10-2-3-19-8/h4-6,8H,2-3,7H2,1H3;4-6H,3,7H2,1-2H3;3-5H,6H2,1-2H3;2-4H,5H2,1H3,(H,11,12)/i2*4T;3T;2T. The highest BCUT2D eigenvalue weighted by Gasteiger charge is 2.30. The highest BCUT2D eigenvalue weighted by atomic mass is 32.1. The second-order valence-corrected chi connectivity index (χ2v) is 19.9. The maximum Gasteiger partial charge on any atom is 0.368 e. The van der Waals surface area contributed by atoms with Crippen LogP contribution in [-0.2, 0) is 68.2 Å². The number of aromatic nitrogens is 28. The molecule has 40 heteroatoms. The number of ether oxygens (including phenoxy) is 4. The van der Waals surface area contributed by atoms with Gasteiger partial charge < -0.3 is 18.9 Å². The van der Waals surface area contributed by atoms with E-state index >= 15 is 0 Å². The van der Waals surface area contributed by atoms with Gasteiger partial charge in [-0.3, -0.25) is 19.1 Å². The van der Waals surface area contributed by atoms with Crippen LogP contribution in [0.4, 0.5) is 0 Å². The third-order valence-corrected chi connectivity index (χ3v) is 13.9. The average molecular weight is 1210 g/mol. The van der Waals surface area contributed by atoms with Crippen LogP contribution in [0.3, 0.4) is 0 Å². The van der Waals surface area contributed by atoms with Crippen LogP contribution in [0.5, 0.6) is 20.8 Å². The molecule has 1 aliphatic carbocycles. The maximum atomic E-state index is 12.1. The van der Waals surface area contributed by atoms with Crippen molar-refractivity contribution in [3.63, 3.8) is 0 Å². The van der Waals surface area contributed by atoms with E-state index in [1.54, 1.807) is 57.4 Å². The lowest BCUT2D eigenvalue weighted by atomic mass is 10.3. The van der Waals surface area contributed by atoms with E-state index in [9.17, 15) is 19.2 Å². The van der Waals surface area contributed by atoms with Crippen molar-refractivity contribution in [2.45, 2.75) is 58.8 Å². The predicted molar refractivity (Wildman–Crippen MR) is 287 cm³/mol. The van der Waals surface area contributed by atoms with Gasteiger partial charge in [-0.25, -0.2) is 39.1 Å². The Labute approximate surface area is 479 Å². The first-order valence-corrected chi connectivity index (χ1v) is 27.3. The molecule has 1 saturated carbocycles. The zero-order chi connectivity index (χ0) is 60.8. The molecule has 12 aromatic heterocycles. The molecule has 0 saturated heterocycles. The Morgan fingerprint density at radius 2 is 0.878 bits per heavy atom. The summed E-state index contributed by atoms with van der Waals surface area (Å²) < 4.78 is 66.0. The van der Waals surface area contributed by atoms with Gasteiger partial charge in [-0.1, -0.05) is 45.3 Å². The number of nitrogens with zero attached hydrogens (tertiary/aromatic N) is 27. The zero-order valence-electron chi connectivity index (χ0n) is 47.6. The van der Waals surface area contributed by atoms with Crippen molar-refractivity contribution in [3.05, 3.63) is 136 Å². The van der Waals surface area contributed by atoms with Gasteiger partial charge in [0.05, 0.1) is 42.0 Å². The van der Waals surface area contributed by atoms with E-state index in [2.05, 4.69) is 87.1 Å². The molecule has 0 atom stereocenters. The predicted octanol–water partition coefficient (Wildman–Crippen LogP) is 0.210. The molecule has 426 valence electrons. The van der Waals surface area contributed by atoms with Gasteiger partial charge in [0.25, 0.3) is 20.8 Å². The lowest BCUT2D eigenvalue weighted by molar-refractivity contribution is 0.289. The SMILES string of the molecule is [3H]c1csc(OCc2[nH]ncc2-n2nnn(C)c2=O)n1.[3H]c1csc(OCc2c(-n3nnn(C)c3=O)cnn2C)n1.[3H]c1csc(OCc2c(-n3nnn(C)c3=O)cnn2C2CC2)n1.[3H]c1csc(OCc2c(-n3nnn(C)c3=O)cnn2CC)n1. The molecule has 12 heterocycles. The molecule has 13 rings (SSSR count). The summed E-state index contributed by atoms with van der Waals surface area (Å²) in [5.74, 6) is 0. The molecule has 36 nitrogen and oxygen atoms in total. The zero-order valence-corrected chi connectivity index (χ0v) is 46.9. The Hall–Kier alpha value is -9.96. The number of rotatable bonds is 18. The second-order valence-electron chi connectivity index (χ2n) is 16.6. The van der Waals surface area contributed by atoms with Gasteiger partial charge in [-0.15, -0.1) is 0 Å². The fourth-order valence-corrected chi connectivity index (χ4v) is 8.85. The highest BCUT2D eigenvalue weighted by molar-refractivity contribution is 7.12. The molecule has 1 N–H and O–H groups in total. The van der Waals surface area contributed by atoms with Crippen LogP contribution in [0.15, 0.2) is 90.2 Å². The molecule has 1 aliphatic rings. The monoisotopic (exact) mass is 1210 g/mol. The van der Waals surface area contributed by atoms with Gasteiger partial charge in [0.1, 0.15) is 66.3 Å². The molecular weight excluding hydrogens is 1150 g/mol. The van der Waals surface area contributed by atoms with Crippen molar-refractivity contribution in [1.29, 1.82) is 0 Å². The molecular formula is C42H46N28O8S4. The molecule has 0 radical (unpaired) electrons. The van der Waals surface area contributed by atoms with Crippen LogP contribution < -0.4 is 41.7 Å². The number of hydrogen-bond acceptors (Lipinski definition) is 28. The van der Waals surface area contributed by atoms with Crippen LogP contribution in [0, 0.1) is 0 Å². The summed E-state index contributed by atoms with van der Waals surface area (Å²) in [7, 11) is 7.83. The van der Waals surface area contributed by atoms with E-state index in [-0.39, 0.29) is 73.9 Å². The van der Waals surface area contributed by atoms with Crippen LogP contribution in [0.25, 0.3) is 22.7 Å². The fourth-order valence-electron chi connectivity index (χ4n) is 7.10. The number of tetrazole rings is 4. The minimum Gasteiger partial charge on any atom is -0.463 e. The van der Waals surface area contributed by atoms with E-state index in [0.717, 1.165) is 46.6 Å². The largest absolute Gasteiger partial charge is 0.463 e. The van der Waals surface area contributed by atoms with Crippen molar-refractivity contribution >= 4 is 45.3 Å². The summed E-state index contributed by atoms with van der Waals surface area (Å²) in [4.78, 5) is 63.4. The topological polar surface area (TPSA) is 381 Å². The fraction of sp³-hybridized carbons (Fsp3) is 0.333. The third-order valence-electron chi connectivity index (χ3n) is 11.3. The molecule has 0 unspecified atom stereocenters. The molecule has 12 aromatic rings. The Bertz CT molecular complexity index is 4500. The Morgan fingerprint density at radius 3 is 1.29 bits per heavy atom. The van der Waals surface area contributed by atoms with Gasteiger partial charge in [0.15, 0.2) is 0 Å². The molecule has 1 fully saturated rings. The number of hydrogen-bond donors (Lipinski definition) is 1. The van der Waals surface area contributed by atoms with E-state index in [1.165, 1.54) is 88.2 Å². The molecule has 0 spiro atoms. The average Bonchev–Trinajstić information content (AvgIpc) is 2.13.